The first-order valence-corrected chi connectivity index (χ1v) is 19.2. The minimum atomic E-state index is 1.10. The molecule has 0 N–H and O–H groups in total. The van der Waals surface area contributed by atoms with Gasteiger partial charge in [0.15, 0.2) is 0 Å². The molecule has 9 aromatic carbocycles. The van der Waals surface area contributed by atoms with Crippen LogP contribution in [-0.2, 0) is 0 Å². The Morgan fingerprint density at radius 3 is 1.61 bits per heavy atom. The van der Waals surface area contributed by atoms with Gasteiger partial charge < -0.3 is 4.90 Å². The highest BCUT2D eigenvalue weighted by Gasteiger charge is 2.21. The molecule has 254 valence electrons. The van der Waals surface area contributed by atoms with Crippen molar-refractivity contribution in [1.82, 2.24) is 0 Å². The standard InChI is InChI=1S/C52H35NS/c1-2-13-36(14-3-1)38-25-28-39(29-26-38)44-17-6-9-21-48(44)53(49-22-10-7-18-45(49)42-30-27-37-15-4-5-16-41(37)35-42)43-33-31-40(32-34-43)46-20-12-24-51-52(46)47-19-8-11-23-50(47)54-51/h1-35H. The predicted octanol–water partition coefficient (Wildman–Crippen LogP) is 15.3. The Balaban J connectivity index is 1.14. The number of rotatable bonds is 7. The molecule has 0 aliphatic heterocycles. The van der Waals surface area contributed by atoms with Crippen LogP contribution in [-0.4, -0.2) is 0 Å². The SMILES string of the molecule is c1ccc(-c2ccc(-c3ccccc3N(c3ccc(-c4cccc5sc6ccccc6c45)cc3)c3ccccc3-c3ccc4ccccc4c3)cc2)cc1. The molecule has 1 heterocycles. The zero-order valence-electron chi connectivity index (χ0n) is 29.6. The highest BCUT2D eigenvalue weighted by atomic mass is 32.1. The summed E-state index contributed by atoms with van der Waals surface area (Å²) in [6.45, 7) is 0. The second-order valence-corrected chi connectivity index (χ2v) is 14.8. The second-order valence-electron chi connectivity index (χ2n) is 13.7. The van der Waals surface area contributed by atoms with Gasteiger partial charge in [0, 0.05) is 37.0 Å². The lowest BCUT2D eigenvalue weighted by Crippen LogP contribution is -2.12. The zero-order valence-corrected chi connectivity index (χ0v) is 30.4. The van der Waals surface area contributed by atoms with Crippen LogP contribution in [0.15, 0.2) is 212 Å². The molecule has 0 unspecified atom stereocenters. The van der Waals surface area contributed by atoms with E-state index in [1.54, 1.807) is 0 Å². The first kappa shape index (κ1) is 32.0. The molecule has 0 saturated heterocycles. The highest BCUT2D eigenvalue weighted by Crippen LogP contribution is 2.46. The number of anilines is 3. The molecule has 0 fully saturated rings. The highest BCUT2D eigenvalue weighted by molar-refractivity contribution is 7.25. The molecule has 54 heavy (non-hydrogen) atoms. The summed E-state index contributed by atoms with van der Waals surface area (Å²) in [6.07, 6.45) is 0. The summed E-state index contributed by atoms with van der Waals surface area (Å²) in [4.78, 5) is 2.44. The Kier molecular flexibility index (Phi) is 8.09. The Hall–Kier alpha value is -6.74. The average molecular weight is 706 g/mol. The molecule has 0 atom stereocenters. The Morgan fingerprint density at radius 2 is 0.833 bits per heavy atom. The van der Waals surface area contributed by atoms with Crippen LogP contribution in [0.4, 0.5) is 17.1 Å². The van der Waals surface area contributed by atoms with E-state index in [9.17, 15) is 0 Å². The molecule has 1 aromatic heterocycles. The van der Waals surface area contributed by atoms with Gasteiger partial charge in [-0.15, -0.1) is 11.3 Å². The first-order chi connectivity index (χ1) is 26.8. The third-order valence-corrected chi connectivity index (χ3v) is 11.6. The topological polar surface area (TPSA) is 3.24 Å². The maximum absolute atomic E-state index is 2.44. The molecule has 0 saturated carbocycles. The first-order valence-electron chi connectivity index (χ1n) is 18.4. The summed E-state index contributed by atoms with van der Waals surface area (Å²) in [6, 6.07) is 77.2. The number of nitrogens with zero attached hydrogens (tertiary/aromatic N) is 1. The van der Waals surface area contributed by atoms with Gasteiger partial charge in [0.25, 0.3) is 0 Å². The van der Waals surface area contributed by atoms with Crippen molar-refractivity contribution in [3.8, 4) is 44.5 Å². The van der Waals surface area contributed by atoms with Crippen LogP contribution >= 0.6 is 11.3 Å². The van der Waals surface area contributed by atoms with E-state index < -0.39 is 0 Å². The van der Waals surface area contributed by atoms with E-state index in [-0.39, 0.29) is 0 Å². The summed E-state index contributed by atoms with van der Waals surface area (Å²) >= 11 is 1.86. The van der Waals surface area contributed by atoms with E-state index in [1.165, 1.54) is 75.5 Å². The molecule has 10 rings (SSSR count). The van der Waals surface area contributed by atoms with Gasteiger partial charge in [-0.25, -0.2) is 0 Å². The molecule has 0 aliphatic carbocycles. The average Bonchev–Trinajstić information content (AvgIpc) is 3.64. The third-order valence-electron chi connectivity index (χ3n) is 10.5. The molecule has 10 aromatic rings. The number of thiophene rings is 1. The fraction of sp³-hybridized carbons (Fsp3) is 0. The monoisotopic (exact) mass is 705 g/mol. The lowest BCUT2D eigenvalue weighted by atomic mass is 9.96. The van der Waals surface area contributed by atoms with Crippen LogP contribution in [0.2, 0.25) is 0 Å². The quantitative estimate of drug-likeness (QED) is 0.160. The van der Waals surface area contributed by atoms with E-state index in [4.69, 9.17) is 0 Å². The van der Waals surface area contributed by atoms with E-state index in [0.717, 1.165) is 17.1 Å². The van der Waals surface area contributed by atoms with Gasteiger partial charge in [0.2, 0.25) is 0 Å². The van der Waals surface area contributed by atoms with Crippen molar-refractivity contribution >= 4 is 59.3 Å². The molecular weight excluding hydrogens is 671 g/mol. The third kappa shape index (κ3) is 5.74. The van der Waals surface area contributed by atoms with Gasteiger partial charge in [-0.05, 0) is 86.6 Å². The summed E-state index contributed by atoms with van der Waals surface area (Å²) < 4.78 is 2.64. The Labute approximate surface area is 319 Å². The van der Waals surface area contributed by atoms with Gasteiger partial charge >= 0.3 is 0 Å². The van der Waals surface area contributed by atoms with Gasteiger partial charge in [-0.3, -0.25) is 0 Å². The van der Waals surface area contributed by atoms with Crippen molar-refractivity contribution in [3.05, 3.63) is 212 Å². The van der Waals surface area contributed by atoms with Crippen LogP contribution in [0, 0.1) is 0 Å². The lowest BCUT2D eigenvalue weighted by Gasteiger charge is -2.30. The van der Waals surface area contributed by atoms with Crippen molar-refractivity contribution in [2.75, 3.05) is 4.90 Å². The summed E-state index contributed by atoms with van der Waals surface area (Å²) in [5.74, 6) is 0. The normalized spacial score (nSPS) is 11.3. The van der Waals surface area contributed by atoms with Gasteiger partial charge in [-0.2, -0.15) is 0 Å². The van der Waals surface area contributed by atoms with E-state index in [2.05, 4.69) is 217 Å². The number of fused-ring (bicyclic) bond motifs is 4. The molecule has 0 spiro atoms. The molecule has 0 radical (unpaired) electrons. The number of hydrogen-bond acceptors (Lipinski definition) is 2. The van der Waals surface area contributed by atoms with E-state index in [1.807, 2.05) is 11.3 Å². The summed E-state index contributed by atoms with van der Waals surface area (Å²) in [7, 11) is 0. The van der Waals surface area contributed by atoms with Crippen LogP contribution in [0.3, 0.4) is 0 Å². The number of benzene rings is 9. The Bertz CT molecular complexity index is 2920. The van der Waals surface area contributed by atoms with Gasteiger partial charge in [0.05, 0.1) is 11.4 Å². The summed E-state index contributed by atoms with van der Waals surface area (Å²) in [5.41, 5.74) is 12.9. The molecule has 0 amide bonds. The smallest absolute Gasteiger partial charge is 0.0540 e. The van der Waals surface area contributed by atoms with Crippen molar-refractivity contribution in [2.24, 2.45) is 0 Å². The molecule has 2 heteroatoms. The second kappa shape index (κ2) is 13.7. The fourth-order valence-electron chi connectivity index (χ4n) is 7.87. The van der Waals surface area contributed by atoms with E-state index in [0.29, 0.717) is 0 Å². The van der Waals surface area contributed by atoms with Crippen LogP contribution in [0.5, 0.6) is 0 Å². The number of para-hydroxylation sites is 2. The fourth-order valence-corrected chi connectivity index (χ4v) is 9.00. The van der Waals surface area contributed by atoms with Crippen molar-refractivity contribution < 1.29 is 0 Å². The number of hydrogen-bond donors (Lipinski definition) is 0. The lowest BCUT2D eigenvalue weighted by molar-refractivity contribution is 1.28. The molecular formula is C52H35NS. The maximum atomic E-state index is 2.44. The van der Waals surface area contributed by atoms with Crippen molar-refractivity contribution in [1.29, 1.82) is 0 Å². The maximum Gasteiger partial charge on any atom is 0.0540 e. The van der Waals surface area contributed by atoms with Crippen LogP contribution in [0.1, 0.15) is 0 Å². The van der Waals surface area contributed by atoms with E-state index >= 15 is 0 Å². The van der Waals surface area contributed by atoms with Gasteiger partial charge in [-0.1, -0.05) is 170 Å². The zero-order chi connectivity index (χ0) is 35.8. The van der Waals surface area contributed by atoms with Crippen LogP contribution < -0.4 is 4.90 Å². The minimum absolute atomic E-state index is 1.10. The summed E-state index contributed by atoms with van der Waals surface area (Å²) in [5, 5.41) is 5.11. The van der Waals surface area contributed by atoms with Gasteiger partial charge in [0.1, 0.15) is 0 Å². The molecule has 0 bridgehead atoms. The van der Waals surface area contributed by atoms with Crippen molar-refractivity contribution in [3.63, 3.8) is 0 Å². The predicted molar refractivity (Wildman–Crippen MR) is 233 cm³/mol. The molecule has 0 aliphatic rings. The largest absolute Gasteiger partial charge is 0.309 e. The molecule has 1 nitrogen and oxygen atoms in total. The Morgan fingerprint density at radius 1 is 0.315 bits per heavy atom. The van der Waals surface area contributed by atoms with Crippen LogP contribution in [0.25, 0.3) is 75.5 Å². The minimum Gasteiger partial charge on any atom is -0.309 e. The van der Waals surface area contributed by atoms with Crippen molar-refractivity contribution in [2.45, 2.75) is 0 Å².